The topological polar surface area (TPSA) is 126 Å². The van der Waals surface area contributed by atoms with E-state index in [0.717, 1.165) is 12.8 Å². The van der Waals surface area contributed by atoms with Crippen molar-refractivity contribution in [1.29, 1.82) is 0 Å². The molecule has 1 saturated heterocycles. The van der Waals surface area contributed by atoms with Crippen LogP contribution in [0.15, 0.2) is 64.3 Å². The molecule has 1 aromatic heterocycles. The fraction of sp³-hybridized carbons (Fsp3) is 0.261. The number of nitrogens with zero attached hydrogens (tertiary/aromatic N) is 1. The second-order valence-corrected chi connectivity index (χ2v) is 9.71. The summed E-state index contributed by atoms with van der Waals surface area (Å²) in [5.41, 5.74) is -0.127. The Labute approximate surface area is 190 Å². The first-order chi connectivity index (χ1) is 15.8. The Morgan fingerprint density at radius 2 is 1.73 bits per heavy atom. The number of rotatable bonds is 6. The van der Waals surface area contributed by atoms with Crippen molar-refractivity contribution in [2.24, 2.45) is 0 Å². The van der Waals surface area contributed by atoms with Crippen LogP contribution >= 0.6 is 0 Å². The van der Waals surface area contributed by atoms with Crippen molar-refractivity contribution < 1.29 is 22.7 Å². The van der Waals surface area contributed by atoms with E-state index in [9.17, 15) is 22.8 Å². The summed E-state index contributed by atoms with van der Waals surface area (Å²) in [4.78, 5) is 39.7. The summed E-state index contributed by atoms with van der Waals surface area (Å²) in [6.07, 6.45) is 0.536. The third-order valence-corrected chi connectivity index (χ3v) is 7.36. The number of anilines is 1. The van der Waals surface area contributed by atoms with Gasteiger partial charge in [-0.25, -0.2) is 13.2 Å². The van der Waals surface area contributed by atoms with Crippen molar-refractivity contribution in [2.45, 2.75) is 30.8 Å². The largest absolute Gasteiger partial charge is 0.448 e. The Morgan fingerprint density at radius 3 is 2.42 bits per heavy atom. The lowest BCUT2D eigenvalue weighted by Crippen LogP contribution is -2.31. The molecule has 0 unspecified atom stereocenters. The van der Waals surface area contributed by atoms with Crippen LogP contribution in [-0.2, 0) is 19.6 Å². The van der Waals surface area contributed by atoms with Gasteiger partial charge in [0, 0.05) is 24.2 Å². The van der Waals surface area contributed by atoms with Crippen LogP contribution in [-0.4, -0.2) is 48.8 Å². The van der Waals surface area contributed by atoms with Crippen LogP contribution < -0.4 is 10.9 Å². The number of aromatic amines is 1. The van der Waals surface area contributed by atoms with Gasteiger partial charge in [0.1, 0.15) is 5.69 Å². The van der Waals surface area contributed by atoms with E-state index in [1.54, 1.807) is 24.3 Å². The molecule has 10 heteroatoms. The smallest absolute Gasteiger partial charge is 0.355 e. The average Bonchev–Trinajstić information content (AvgIpc) is 3.35. The zero-order chi connectivity index (χ0) is 23.6. The molecular weight excluding hydrogens is 446 g/mol. The molecular formula is C23H23N3O6S. The maximum Gasteiger partial charge on any atom is 0.355 e. The summed E-state index contributed by atoms with van der Waals surface area (Å²) < 4.78 is 31.8. The van der Waals surface area contributed by atoms with Gasteiger partial charge in [0.25, 0.3) is 11.5 Å². The molecule has 0 spiro atoms. The molecule has 1 fully saturated rings. The van der Waals surface area contributed by atoms with Crippen LogP contribution in [0.2, 0.25) is 0 Å². The van der Waals surface area contributed by atoms with Gasteiger partial charge in [-0.1, -0.05) is 18.2 Å². The summed E-state index contributed by atoms with van der Waals surface area (Å²) in [6, 6.07) is 14.1. The maximum atomic E-state index is 12.6. The number of fused-ring (bicyclic) bond motifs is 1. The van der Waals surface area contributed by atoms with E-state index in [2.05, 4.69) is 10.3 Å². The Hall–Kier alpha value is -3.50. The van der Waals surface area contributed by atoms with Gasteiger partial charge >= 0.3 is 5.97 Å². The molecule has 2 aromatic carbocycles. The van der Waals surface area contributed by atoms with Crippen LogP contribution in [0.25, 0.3) is 10.8 Å². The lowest BCUT2D eigenvalue weighted by molar-refractivity contribution is -0.123. The van der Waals surface area contributed by atoms with Gasteiger partial charge in [0.15, 0.2) is 6.10 Å². The van der Waals surface area contributed by atoms with Gasteiger partial charge in [-0.2, -0.15) is 4.31 Å². The third-order valence-electron chi connectivity index (χ3n) is 5.45. The van der Waals surface area contributed by atoms with Crippen LogP contribution in [0.5, 0.6) is 0 Å². The van der Waals surface area contributed by atoms with Crippen LogP contribution in [0, 0.1) is 0 Å². The number of amides is 1. The van der Waals surface area contributed by atoms with Gasteiger partial charge in [0.05, 0.1) is 4.90 Å². The first-order valence-electron chi connectivity index (χ1n) is 10.5. The van der Waals surface area contributed by atoms with Crippen molar-refractivity contribution in [2.75, 3.05) is 18.4 Å². The molecule has 0 radical (unpaired) electrons. The van der Waals surface area contributed by atoms with E-state index in [0.29, 0.717) is 29.5 Å². The number of carbonyl (C=O) groups is 2. The average molecular weight is 470 g/mol. The number of nitrogens with one attached hydrogen (secondary N) is 2. The van der Waals surface area contributed by atoms with Gasteiger partial charge in [-0.05, 0) is 61.5 Å². The highest BCUT2D eigenvalue weighted by Crippen LogP contribution is 2.22. The number of pyridine rings is 1. The number of hydrogen-bond donors (Lipinski definition) is 2. The summed E-state index contributed by atoms with van der Waals surface area (Å²) in [5.74, 6) is -1.44. The number of sulfonamides is 1. The molecule has 0 saturated carbocycles. The summed E-state index contributed by atoms with van der Waals surface area (Å²) in [5, 5.41) is 3.61. The first kappa shape index (κ1) is 22.7. The molecule has 1 aliphatic heterocycles. The Balaban J connectivity index is 1.40. The molecule has 0 aliphatic carbocycles. The molecule has 3 aromatic rings. The maximum absolute atomic E-state index is 12.6. The number of ether oxygens (including phenoxy) is 1. The second-order valence-electron chi connectivity index (χ2n) is 7.77. The second kappa shape index (κ2) is 9.16. The first-order valence-corrected chi connectivity index (χ1v) is 11.9. The van der Waals surface area contributed by atoms with Crippen molar-refractivity contribution in [3.63, 3.8) is 0 Å². The zero-order valence-electron chi connectivity index (χ0n) is 17.9. The fourth-order valence-electron chi connectivity index (χ4n) is 3.63. The number of H-pyrrole nitrogens is 1. The number of esters is 1. The lowest BCUT2D eigenvalue weighted by Gasteiger charge is -2.16. The number of carbonyl (C=O) groups excluding carboxylic acids is 2. The molecule has 172 valence electrons. The number of benzene rings is 2. The summed E-state index contributed by atoms with van der Waals surface area (Å²) in [7, 11) is -3.54. The minimum Gasteiger partial charge on any atom is -0.448 e. The molecule has 4 rings (SSSR count). The fourth-order valence-corrected chi connectivity index (χ4v) is 5.15. The SMILES string of the molecule is C[C@@H](OC(=O)c1cc2ccccc2c(=O)[nH]1)C(=O)Nc1ccc(S(=O)(=O)N2CCCC2)cc1. The predicted octanol–water partition coefficient (Wildman–Crippen LogP) is 2.50. The standard InChI is InChI=1S/C23H23N3O6S/c1-15(32-23(29)20-14-16-6-2-3-7-19(16)22(28)25-20)21(27)24-17-8-10-18(11-9-17)33(30,31)26-12-4-5-13-26/h2-3,6-11,14-15H,4-5,12-13H2,1H3,(H,24,27)(H,25,28)/t15-/m1/s1. The number of hydrogen-bond acceptors (Lipinski definition) is 6. The quantitative estimate of drug-likeness (QED) is 0.534. The highest BCUT2D eigenvalue weighted by molar-refractivity contribution is 7.89. The minimum absolute atomic E-state index is 0.0603. The van der Waals surface area contributed by atoms with E-state index in [4.69, 9.17) is 4.74 Å². The summed E-state index contributed by atoms with van der Waals surface area (Å²) >= 11 is 0. The van der Waals surface area contributed by atoms with Gasteiger partial charge in [0.2, 0.25) is 10.0 Å². The monoisotopic (exact) mass is 469 g/mol. The Bertz CT molecular complexity index is 1360. The minimum atomic E-state index is -3.54. The van der Waals surface area contributed by atoms with Crippen molar-refractivity contribution in [1.82, 2.24) is 9.29 Å². The van der Waals surface area contributed by atoms with Gasteiger partial charge < -0.3 is 15.0 Å². The van der Waals surface area contributed by atoms with Gasteiger partial charge in [-0.15, -0.1) is 0 Å². The van der Waals surface area contributed by atoms with Crippen LogP contribution in [0.1, 0.15) is 30.3 Å². The molecule has 33 heavy (non-hydrogen) atoms. The van der Waals surface area contributed by atoms with Crippen LogP contribution in [0.4, 0.5) is 5.69 Å². The molecule has 2 heterocycles. The third kappa shape index (κ3) is 4.81. The molecule has 9 nitrogen and oxygen atoms in total. The normalized spacial score (nSPS) is 15.3. The van der Waals surface area contributed by atoms with Crippen molar-refractivity contribution >= 4 is 38.4 Å². The molecule has 1 amide bonds. The van der Waals surface area contributed by atoms with E-state index >= 15 is 0 Å². The Kier molecular flexibility index (Phi) is 6.30. The van der Waals surface area contributed by atoms with E-state index in [1.165, 1.54) is 41.6 Å². The van der Waals surface area contributed by atoms with Crippen molar-refractivity contribution in [3.05, 3.63) is 70.6 Å². The Morgan fingerprint density at radius 1 is 1.06 bits per heavy atom. The predicted molar refractivity (Wildman–Crippen MR) is 123 cm³/mol. The summed E-state index contributed by atoms with van der Waals surface area (Å²) in [6.45, 7) is 2.41. The molecule has 0 bridgehead atoms. The van der Waals surface area contributed by atoms with Crippen molar-refractivity contribution in [3.8, 4) is 0 Å². The van der Waals surface area contributed by atoms with E-state index < -0.39 is 33.6 Å². The molecule has 2 N–H and O–H groups in total. The zero-order valence-corrected chi connectivity index (χ0v) is 18.7. The molecule has 1 atom stereocenters. The van der Waals surface area contributed by atoms with Gasteiger partial charge in [-0.3, -0.25) is 9.59 Å². The highest BCUT2D eigenvalue weighted by atomic mass is 32.2. The molecule has 1 aliphatic rings. The number of aromatic nitrogens is 1. The lowest BCUT2D eigenvalue weighted by atomic mass is 10.1. The van der Waals surface area contributed by atoms with E-state index in [1.807, 2.05) is 0 Å². The van der Waals surface area contributed by atoms with E-state index in [-0.39, 0.29) is 10.6 Å². The van der Waals surface area contributed by atoms with Crippen LogP contribution in [0.3, 0.4) is 0 Å². The highest BCUT2D eigenvalue weighted by Gasteiger charge is 2.27.